The van der Waals surface area contributed by atoms with Gasteiger partial charge in [0.1, 0.15) is 5.60 Å². The molecule has 0 aliphatic rings. The van der Waals surface area contributed by atoms with E-state index in [2.05, 4.69) is 9.93 Å². The van der Waals surface area contributed by atoms with E-state index in [1.165, 1.54) is 12.1 Å². The van der Waals surface area contributed by atoms with Gasteiger partial charge < -0.3 is 5.11 Å². The fourth-order valence-corrected chi connectivity index (χ4v) is 1.16. The fraction of sp³-hybridized carbons (Fsp3) is 0.300. The van der Waals surface area contributed by atoms with Gasteiger partial charge in [0, 0.05) is 0 Å². The molecule has 0 aromatic heterocycles. The van der Waals surface area contributed by atoms with Crippen LogP contribution in [0.2, 0.25) is 0 Å². The number of carboxylic acids is 1. The lowest BCUT2D eigenvalue weighted by atomic mass is 9.97. The first-order valence-corrected chi connectivity index (χ1v) is 4.30. The fourth-order valence-electron chi connectivity index (χ4n) is 1.16. The summed E-state index contributed by atoms with van der Waals surface area (Å²) in [5.41, 5.74) is 0.0483. The molecule has 2 N–H and O–H groups in total. The first kappa shape index (κ1) is 11.6. The van der Waals surface area contributed by atoms with Crippen LogP contribution in [0.1, 0.15) is 29.8 Å². The van der Waals surface area contributed by atoms with Gasteiger partial charge in [-0.05, 0) is 31.5 Å². The monoisotopic (exact) mass is 212 g/mol. The maximum absolute atomic E-state index is 10.6. The topological polar surface area (TPSA) is 76.0 Å². The minimum Gasteiger partial charge on any atom is -0.478 e. The molecule has 0 radical (unpaired) electrons. The summed E-state index contributed by atoms with van der Waals surface area (Å²) < 4.78 is 0. The molecule has 0 atom stereocenters. The van der Waals surface area contributed by atoms with Crippen molar-refractivity contribution in [2.45, 2.75) is 19.4 Å². The van der Waals surface area contributed by atoms with Crippen LogP contribution in [0.25, 0.3) is 0 Å². The Balaban J connectivity index is 2.93. The lowest BCUT2D eigenvalue weighted by Crippen LogP contribution is -2.21. The van der Waals surface area contributed by atoms with Crippen LogP contribution in [0.15, 0.2) is 24.3 Å². The molecule has 5 heteroatoms. The second-order valence-corrected chi connectivity index (χ2v) is 3.55. The highest BCUT2D eigenvalue weighted by molar-refractivity contribution is 5.87. The largest absolute Gasteiger partial charge is 0.478 e. The molecule has 82 valence electrons. The number of carbonyl (C=O) groups is 1. The van der Waals surface area contributed by atoms with Crippen molar-refractivity contribution in [3.63, 3.8) is 0 Å². The zero-order chi connectivity index (χ0) is 11.5. The van der Waals surface area contributed by atoms with Crippen molar-refractivity contribution in [3.05, 3.63) is 35.4 Å². The third kappa shape index (κ3) is 2.76. The lowest BCUT2D eigenvalue weighted by molar-refractivity contribution is -0.525. The molecular weight excluding hydrogens is 200 g/mol. The minimum atomic E-state index is -0.987. The van der Waals surface area contributed by atoms with E-state index < -0.39 is 11.6 Å². The van der Waals surface area contributed by atoms with Gasteiger partial charge in [0.2, 0.25) is 0 Å². The zero-order valence-corrected chi connectivity index (χ0v) is 8.43. The first-order chi connectivity index (χ1) is 6.97. The molecule has 0 saturated carbocycles. The molecular formula is C10H12O5. The molecule has 1 rings (SSSR count). The van der Waals surface area contributed by atoms with Crippen molar-refractivity contribution in [1.29, 1.82) is 0 Å². The predicted molar refractivity (Wildman–Crippen MR) is 51.2 cm³/mol. The summed E-state index contributed by atoms with van der Waals surface area (Å²) in [5.74, 6) is -0.987. The molecule has 5 nitrogen and oxygen atoms in total. The number of aromatic carboxylic acids is 1. The summed E-state index contributed by atoms with van der Waals surface area (Å²) in [5, 5.41) is 20.5. The van der Waals surface area contributed by atoms with Crippen molar-refractivity contribution >= 4 is 5.97 Å². The Morgan fingerprint density at radius 3 is 2.20 bits per heavy atom. The molecule has 0 aliphatic carbocycles. The Morgan fingerprint density at radius 1 is 1.27 bits per heavy atom. The average Bonchev–Trinajstić information content (AvgIpc) is 2.18. The second kappa shape index (κ2) is 4.39. The molecule has 15 heavy (non-hydrogen) atoms. The Bertz CT molecular complexity index is 341. The standard InChI is InChI=1S/C10H12O5/c1-10(2,14-15-13)8-5-3-7(4-6-8)9(11)12/h3-6,13H,1-2H3,(H,11,12). The Labute approximate surface area is 86.7 Å². The highest BCUT2D eigenvalue weighted by Gasteiger charge is 2.23. The van der Waals surface area contributed by atoms with Gasteiger partial charge in [0.25, 0.3) is 0 Å². The Hall–Kier alpha value is -1.43. The van der Waals surface area contributed by atoms with Crippen LogP contribution >= 0.6 is 0 Å². The molecule has 0 bridgehead atoms. The van der Waals surface area contributed by atoms with Gasteiger partial charge in [-0.15, -0.1) is 0 Å². The van der Waals surface area contributed by atoms with Gasteiger partial charge in [-0.25, -0.2) is 10.1 Å². The van der Waals surface area contributed by atoms with E-state index in [0.29, 0.717) is 5.56 Å². The number of rotatable bonds is 4. The van der Waals surface area contributed by atoms with Crippen molar-refractivity contribution in [2.24, 2.45) is 0 Å². The van der Waals surface area contributed by atoms with Crippen molar-refractivity contribution < 1.29 is 25.1 Å². The summed E-state index contributed by atoms with van der Waals surface area (Å²) in [6.45, 7) is 3.36. The van der Waals surface area contributed by atoms with Crippen LogP contribution < -0.4 is 0 Å². The van der Waals surface area contributed by atoms with Gasteiger partial charge in [-0.1, -0.05) is 17.2 Å². The maximum atomic E-state index is 10.6. The van der Waals surface area contributed by atoms with Crippen LogP contribution in [-0.2, 0) is 15.5 Å². The van der Waals surface area contributed by atoms with Crippen molar-refractivity contribution in [2.75, 3.05) is 0 Å². The molecule has 0 spiro atoms. The summed E-state index contributed by atoms with van der Waals surface area (Å²) in [6, 6.07) is 6.12. The van der Waals surface area contributed by atoms with Gasteiger partial charge in [0.15, 0.2) is 0 Å². The molecule has 1 aromatic carbocycles. The summed E-state index contributed by atoms with van der Waals surface area (Å²) in [4.78, 5) is 15.2. The van der Waals surface area contributed by atoms with E-state index in [-0.39, 0.29) is 5.56 Å². The van der Waals surface area contributed by atoms with Crippen LogP contribution in [0.5, 0.6) is 0 Å². The van der Waals surface area contributed by atoms with Crippen LogP contribution in [0.4, 0.5) is 0 Å². The van der Waals surface area contributed by atoms with E-state index in [1.54, 1.807) is 26.0 Å². The quantitative estimate of drug-likeness (QED) is 0.590. The average molecular weight is 212 g/mol. The number of hydrogen-bond acceptors (Lipinski definition) is 4. The maximum Gasteiger partial charge on any atom is 0.335 e. The molecule has 0 fully saturated rings. The molecule has 0 saturated heterocycles. The van der Waals surface area contributed by atoms with E-state index in [4.69, 9.17) is 10.4 Å². The SMILES string of the molecule is CC(C)(OOO)c1ccc(C(=O)O)cc1. The first-order valence-electron chi connectivity index (χ1n) is 4.30. The van der Waals surface area contributed by atoms with E-state index in [9.17, 15) is 4.79 Å². The zero-order valence-electron chi connectivity index (χ0n) is 8.43. The third-order valence-electron chi connectivity index (χ3n) is 2.07. The van der Waals surface area contributed by atoms with Crippen LogP contribution in [-0.4, -0.2) is 16.3 Å². The lowest BCUT2D eigenvalue weighted by Gasteiger charge is -2.21. The van der Waals surface area contributed by atoms with Gasteiger partial charge >= 0.3 is 5.97 Å². The van der Waals surface area contributed by atoms with Crippen LogP contribution in [0, 0.1) is 0 Å². The highest BCUT2D eigenvalue weighted by Crippen LogP contribution is 2.24. The van der Waals surface area contributed by atoms with Crippen molar-refractivity contribution in [1.82, 2.24) is 0 Å². The summed E-state index contributed by atoms with van der Waals surface area (Å²) in [7, 11) is 0. The molecule has 0 aliphatic heterocycles. The third-order valence-corrected chi connectivity index (χ3v) is 2.07. The van der Waals surface area contributed by atoms with Crippen LogP contribution in [0.3, 0.4) is 0 Å². The molecule has 0 unspecified atom stereocenters. The molecule has 1 aromatic rings. The normalized spacial score (nSPS) is 11.4. The number of carboxylic acid groups (broad SMARTS) is 1. The molecule has 0 amide bonds. The summed E-state index contributed by atoms with van der Waals surface area (Å²) >= 11 is 0. The van der Waals surface area contributed by atoms with Gasteiger partial charge in [-0.3, -0.25) is 0 Å². The van der Waals surface area contributed by atoms with Gasteiger partial charge in [-0.2, -0.15) is 4.89 Å². The number of benzene rings is 1. The second-order valence-electron chi connectivity index (χ2n) is 3.55. The minimum absolute atomic E-state index is 0.194. The molecule has 0 heterocycles. The summed E-state index contributed by atoms with van der Waals surface area (Å²) in [6.07, 6.45) is 0. The Kier molecular flexibility index (Phi) is 3.41. The smallest absolute Gasteiger partial charge is 0.335 e. The van der Waals surface area contributed by atoms with Gasteiger partial charge in [0.05, 0.1) is 5.56 Å². The van der Waals surface area contributed by atoms with Crippen molar-refractivity contribution in [3.8, 4) is 0 Å². The van der Waals surface area contributed by atoms with E-state index in [0.717, 1.165) is 0 Å². The Morgan fingerprint density at radius 2 is 1.80 bits per heavy atom. The van der Waals surface area contributed by atoms with E-state index in [1.807, 2.05) is 0 Å². The highest BCUT2D eigenvalue weighted by atomic mass is 17.5. The predicted octanol–water partition coefficient (Wildman–Crippen LogP) is 2.04. The van der Waals surface area contributed by atoms with E-state index >= 15 is 0 Å². The number of hydrogen-bond donors (Lipinski definition) is 2.